The summed E-state index contributed by atoms with van der Waals surface area (Å²) in [4.78, 5) is 16.8. The minimum Gasteiger partial charge on any atom is -0.489 e. The summed E-state index contributed by atoms with van der Waals surface area (Å²) in [7, 11) is 1.37. The Balaban J connectivity index is 1.76. The van der Waals surface area contributed by atoms with E-state index in [1.54, 1.807) is 0 Å². The van der Waals surface area contributed by atoms with E-state index in [-0.39, 0.29) is 12.2 Å². The standard InChI is InChI=1S/C19H21ClN2O4/c1-11-10-22-15(7-8-25-11)17(19(23)24-2)21-18(22)12-3-6-16(14(20)9-12)26-13-4-5-13/h3,6,9,11,13H,4-5,7-8,10H2,1-2H3/t11-/m1/s1. The van der Waals surface area contributed by atoms with Crippen molar-refractivity contribution in [3.63, 3.8) is 0 Å². The molecule has 0 radical (unpaired) electrons. The van der Waals surface area contributed by atoms with Crippen LogP contribution in [0.25, 0.3) is 11.4 Å². The Morgan fingerprint density at radius 3 is 2.88 bits per heavy atom. The Bertz CT molecular complexity index is 844. The Labute approximate surface area is 157 Å². The lowest BCUT2D eigenvalue weighted by Crippen LogP contribution is -2.15. The van der Waals surface area contributed by atoms with Gasteiger partial charge in [0.15, 0.2) is 5.69 Å². The van der Waals surface area contributed by atoms with Crippen LogP contribution in [0.4, 0.5) is 0 Å². The molecular formula is C19H21ClN2O4. The molecule has 0 spiro atoms. The van der Waals surface area contributed by atoms with Gasteiger partial charge in [-0.05, 0) is 38.0 Å². The van der Waals surface area contributed by atoms with Gasteiger partial charge in [-0.2, -0.15) is 0 Å². The van der Waals surface area contributed by atoms with Gasteiger partial charge in [-0.1, -0.05) is 11.6 Å². The highest BCUT2D eigenvalue weighted by molar-refractivity contribution is 6.32. The monoisotopic (exact) mass is 376 g/mol. The number of carbonyl (C=O) groups excluding carboxylic acids is 1. The van der Waals surface area contributed by atoms with Crippen molar-refractivity contribution in [2.75, 3.05) is 13.7 Å². The van der Waals surface area contributed by atoms with Gasteiger partial charge in [0.25, 0.3) is 0 Å². The van der Waals surface area contributed by atoms with Gasteiger partial charge < -0.3 is 18.8 Å². The lowest BCUT2D eigenvalue weighted by Gasteiger charge is -2.13. The summed E-state index contributed by atoms with van der Waals surface area (Å²) in [6.07, 6.45) is 3.07. The average molecular weight is 377 g/mol. The molecule has 1 aliphatic carbocycles. The average Bonchev–Trinajstić information content (AvgIpc) is 3.40. The van der Waals surface area contributed by atoms with Crippen molar-refractivity contribution in [3.05, 3.63) is 34.6 Å². The quantitative estimate of drug-likeness (QED) is 0.764. The lowest BCUT2D eigenvalue weighted by molar-refractivity contribution is 0.0591. The van der Waals surface area contributed by atoms with Crippen LogP contribution in [0, 0.1) is 0 Å². The van der Waals surface area contributed by atoms with Crippen molar-refractivity contribution < 1.29 is 19.0 Å². The number of halogens is 1. The summed E-state index contributed by atoms with van der Waals surface area (Å²) >= 11 is 6.41. The Morgan fingerprint density at radius 1 is 1.38 bits per heavy atom. The molecule has 4 rings (SSSR count). The molecule has 138 valence electrons. The molecule has 0 saturated heterocycles. The van der Waals surface area contributed by atoms with E-state index in [9.17, 15) is 4.79 Å². The van der Waals surface area contributed by atoms with Gasteiger partial charge in [0.05, 0.1) is 43.2 Å². The number of benzene rings is 1. The minimum atomic E-state index is -0.436. The first kappa shape index (κ1) is 17.4. The van der Waals surface area contributed by atoms with Crippen LogP contribution in [0.1, 0.15) is 35.9 Å². The molecule has 1 saturated carbocycles. The fraction of sp³-hybridized carbons (Fsp3) is 0.474. The first-order valence-electron chi connectivity index (χ1n) is 8.82. The number of rotatable bonds is 4. The van der Waals surface area contributed by atoms with Crippen molar-refractivity contribution in [2.45, 2.75) is 44.9 Å². The lowest BCUT2D eigenvalue weighted by atomic mass is 10.2. The number of methoxy groups -OCH3 is 1. The first-order chi connectivity index (χ1) is 12.6. The number of nitrogens with zero attached hydrogens (tertiary/aromatic N) is 2. The highest BCUT2D eigenvalue weighted by Gasteiger charge is 2.28. The van der Waals surface area contributed by atoms with Crippen molar-refractivity contribution in [3.8, 4) is 17.1 Å². The molecule has 7 heteroatoms. The van der Waals surface area contributed by atoms with Crippen LogP contribution in [-0.4, -0.2) is 41.4 Å². The Hall–Kier alpha value is -2.05. The summed E-state index contributed by atoms with van der Waals surface area (Å²) in [6, 6.07) is 5.63. The molecule has 1 aliphatic heterocycles. The minimum absolute atomic E-state index is 0.0302. The molecule has 1 atom stereocenters. The molecule has 26 heavy (non-hydrogen) atoms. The molecule has 6 nitrogen and oxygen atoms in total. The molecule has 0 N–H and O–H groups in total. The number of imidazole rings is 1. The van der Waals surface area contributed by atoms with E-state index in [0.717, 1.165) is 24.1 Å². The Kier molecular flexibility index (Phi) is 4.63. The van der Waals surface area contributed by atoms with Crippen molar-refractivity contribution >= 4 is 17.6 Å². The molecule has 0 bridgehead atoms. The summed E-state index contributed by atoms with van der Waals surface area (Å²) < 4.78 is 18.5. The molecule has 2 aliphatic rings. The van der Waals surface area contributed by atoms with Crippen LogP contribution < -0.4 is 4.74 Å². The molecule has 0 unspecified atom stereocenters. The van der Waals surface area contributed by atoms with E-state index >= 15 is 0 Å². The summed E-state index contributed by atoms with van der Waals surface area (Å²) in [5.74, 6) is 0.942. The number of esters is 1. The van der Waals surface area contributed by atoms with Gasteiger partial charge >= 0.3 is 5.97 Å². The SMILES string of the molecule is COC(=O)c1nc(-c2ccc(OC3CC3)c(Cl)c2)n2c1CCO[C@H](C)C2. The van der Waals surface area contributed by atoms with Gasteiger partial charge in [0, 0.05) is 12.0 Å². The van der Waals surface area contributed by atoms with E-state index in [1.165, 1.54) is 7.11 Å². The van der Waals surface area contributed by atoms with Crippen LogP contribution in [0.3, 0.4) is 0 Å². The predicted octanol–water partition coefficient (Wildman–Crippen LogP) is 3.49. The molecule has 1 aromatic carbocycles. The van der Waals surface area contributed by atoms with E-state index in [1.807, 2.05) is 29.7 Å². The van der Waals surface area contributed by atoms with Crippen LogP contribution in [0.15, 0.2) is 18.2 Å². The number of hydrogen-bond donors (Lipinski definition) is 0. The highest BCUT2D eigenvalue weighted by atomic mass is 35.5. The molecular weight excluding hydrogens is 356 g/mol. The number of ether oxygens (including phenoxy) is 3. The van der Waals surface area contributed by atoms with Gasteiger partial charge in [-0.3, -0.25) is 0 Å². The van der Waals surface area contributed by atoms with Crippen LogP contribution in [0.2, 0.25) is 5.02 Å². The molecule has 0 amide bonds. The fourth-order valence-electron chi connectivity index (χ4n) is 3.18. The maximum absolute atomic E-state index is 12.2. The first-order valence-corrected chi connectivity index (χ1v) is 9.20. The second kappa shape index (κ2) is 6.93. The number of fused-ring (bicyclic) bond motifs is 1. The van der Waals surface area contributed by atoms with E-state index in [4.69, 9.17) is 25.8 Å². The second-order valence-electron chi connectivity index (χ2n) is 6.73. The number of hydrogen-bond acceptors (Lipinski definition) is 5. The van der Waals surface area contributed by atoms with Crippen molar-refractivity contribution in [2.24, 2.45) is 0 Å². The molecule has 2 heterocycles. The zero-order valence-corrected chi connectivity index (χ0v) is 15.6. The topological polar surface area (TPSA) is 62.6 Å². The normalized spacial score (nSPS) is 19.6. The second-order valence-corrected chi connectivity index (χ2v) is 7.13. The van der Waals surface area contributed by atoms with E-state index in [2.05, 4.69) is 4.98 Å². The maximum Gasteiger partial charge on any atom is 0.358 e. The van der Waals surface area contributed by atoms with Gasteiger partial charge in [0.1, 0.15) is 11.6 Å². The van der Waals surface area contributed by atoms with Gasteiger partial charge in [-0.25, -0.2) is 9.78 Å². The van der Waals surface area contributed by atoms with Crippen LogP contribution >= 0.6 is 11.6 Å². The molecule has 2 aromatic rings. The van der Waals surface area contributed by atoms with E-state index < -0.39 is 5.97 Å². The zero-order chi connectivity index (χ0) is 18.3. The van der Waals surface area contributed by atoms with Crippen molar-refractivity contribution in [1.82, 2.24) is 9.55 Å². The third kappa shape index (κ3) is 3.31. The number of carbonyl (C=O) groups is 1. The highest BCUT2D eigenvalue weighted by Crippen LogP contribution is 2.35. The summed E-state index contributed by atoms with van der Waals surface area (Å²) in [5, 5.41) is 0.546. The third-order valence-electron chi connectivity index (χ3n) is 4.64. The fourth-order valence-corrected chi connectivity index (χ4v) is 3.41. The number of aromatic nitrogens is 2. The summed E-state index contributed by atoms with van der Waals surface area (Å²) in [6.45, 7) is 3.17. The Morgan fingerprint density at radius 2 is 2.19 bits per heavy atom. The van der Waals surface area contributed by atoms with Gasteiger partial charge in [-0.15, -0.1) is 0 Å². The smallest absolute Gasteiger partial charge is 0.358 e. The van der Waals surface area contributed by atoms with Crippen molar-refractivity contribution in [1.29, 1.82) is 0 Å². The predicted molar refractivity (Wildman–Crippen MR) is 96.8 cm³/mol. The van der Waals surface area contributed by atoms with Gasteiger partial charge in [0.2, 0.25) is 0 Å². The third-order valence-corrected chi connectivity index (χ3v) is 4.94. The van der Waals surface area contributed by atoms with E-state index in [0.29, 0.717) is 41.9 Å². The zero-order valence-electron chi connectivity index (χ0n) is 14.8. The largest absolute Gasteiger partial charge is 0.489 e. The van der Waals surface area contributed by atoms with Crippen LogP contribution in [0.5, 0.6) is 5.75 Å². The maximum atomic E-state index is 12.2. The van der Waals surface area contributed by atoms with Crippen LogP contribution in [-0.2, 0) is 22.4 Å². The summed E-state index contributed by atoms with van der Waals surface area (Å²) in [5.41, 5.74) is 2.02. The molecule has 1 fully saturated rings. The molecule has 1 aromatic heterocycles.